The van der Waals surface area contributed by atoms with Crippen LogP contribution in [-0.2, 0) is 14.4 Å². The third-order valence-corrected chi connectivity index (χ3v) is 9.32. The summed E-state index contributed by atoms with van der Waals surface area (Å²) in [7, 11) is 0. The normalized spacial score (nSPS) is 31.5. The molecule has 32 heavy (non-hydrogen) atoms. The molecule has 2 N–H and O–H groups in total. The second kappa shape index (κ2) is 8.72. The summed E-state index contributed by atoms with van der Waals surface area (Å²) in [5.41, 5.74) is 0.510. The van der Waals surface area contributed by atoms with Gasteiger partial charge in [-0.25, -0.2) is 0 Å². The summed E-state index contributed by atoms with van der Waals surface area (Å²) < 4.78 is -0.828. The van der Waals surface area contributed by atoms with E-state index < -0.39 is 34.6 Å². The summed E-state index contributed by atoms with van der Waals surface area (Å²) in [4.78, 5) is 42.9. The molecule has 6 atom stereocenters. The maximum Gasteiger partial charge on any atom is 0.308 e. The Hall–Kier alpha value is -2.03. The van der Waals surface area contributed by atoms with E-state index in [-0.39, 0.29) is 30.2 Å². The van der Waals surface area contributed by atoms with Crippen LogP contribution in [0, 0.1) is 11.8 Å². The molecule has 7 nitrogen and oxygen atoms in total. The Morgan fingerprint density at radius 3 is 2.75 bits per heavy atom. The quantitative estimate of drug-likeness (QED) is 0.557. The fraction of sp³-hybridized carbons (Fsp3) is 0.522. The van der Waals surface area contributed by atoms with Gasteiger partial charge in [-0.05, 0) is 31.4 Å². The molecule has 1 spiro atoms. The highest BCUT2D eigenvalue weighted by Crippen LogP contribution is 2.66. The van der Waals surface area contributed by atoms with Gasteiger partial charge in [0.1, 0.15) is 6.04 Å². The summed E-state index contributed by atoms with van der Waals surface area (Å²) in [6, 6.07) is 5.53. The van der Waals surface area contributed by atoms with Gasteiger partial charge in [0.25, 0.3) is 5.91 Å². The van der Waals surface area contributed by atoms with Gasteiger partial charge >= 0.3 is 5.97 Å². The number of aliphatic hydroxyl groups excluding tert-OH is 1. The molecule has 0 radical (unpaired) electrons. The maximum absolute atomic E-state index is 14.2. The van der Waals surface area contributed by atoms with Gasteiger partial charge in [0.2, 0.25) is 5.91 Å². The monoisotopic (exact) mass is 478 g/mol. The number of benzene rings is 1. The van der Waals surface area contributed by atoms with Crippen molar-refractivity contribution in [2.45, 2.75) is 48.3 Å². The molecule has 172 valence electrons. The van der Waals surface area contributed by atoms with E-state index in [4.69, 9.17) is 11.6 Å². The molecule has 9 heteroatoms. The molecule has 1 aromatic rings. The second-order valence-electron chi connectivity index (χ2n) is 8.57. The molecule has 2 unspecified atom stereocenters. The average Bonchev–Trinajstić information content (AvgIpc) is 3.41. The highest BCUT2D eigenvalue weighted by Gasteiger charge is 2.74. The van der Waals surface area contributed by atoms with Gasteiger partial charge in [-0.1, -0.05) is 36.7 Å². The topological polar surface area (TPSA) is 98.2 Å². The van der Waals surface area contributed by atoms with Crippen LogP contribution in [0.1, 0.15) is 26.2 Å². The number of amides is 2. The second-order valence-corrected chi connectivity index (χ2v) is 10.6. The highest BCUT2D eigenvalue weighted by molar-refractivity contribution is 8.02. The molecule has 0 saturated carbocycles. The van der Waals surface area contributed by atoms with Crippen molar-refractivity contribution in [2.24, 2.45) is 11.8 Å². The zero-order chi connectivity index (χ0) is 23.2. The first-order valence-electron chi connectivity index (χ1n) is 10.8. The Labute approximate surface area is 196 Å². The van der Waals surface area contributed by atoms with Crippen LogP contribution in [0.5, 0.6) is 0 Å². The first-order chi connectivity index (χ1) is 15.3. The van der Waals surface area contributed by atoms with Gasteiger partial charge in [0, 0.05) is 11.8 Å². The molecule has 1 aromatic carbocycles. The lowest BCUT2D eigenvalue weighted by atomic mass is 9.71. The molecule has 3 aliphatic heterocycles. The fourth-order valence-corrected chi connectivity index (χ4v) is 8.14. The fourth-order valence-electron chi connectivity index (χ4n) is 5.71. The minimum Gasteiger partial charge on any atom is -0.481 e. The number of carboxylic acid groups (broad SMARTS) is 1. The number of rotatable bonds is 8. The zero-order valence-corrected chi connectivity index (χ0v) is 19.4. The lowest BCUT2D eigenvalue weighted by molar-refractivity contribution is -0.149. The van der Waals surface area contributed by atoms with Crippen molar-refractivity contribution in [1.82, 2.24) is 4.90 Å². The third-order valence-electron chi connectivity index (χ3n) is 7.05. The van der Waals surface area contributed by atoms with Crippen LogP contribution in [-0.4, -0.2) is 68.1 Å². The van der Waals surface area contributed by atoms with Crippen molar-refractivity contribution in [3.63, 3.8) is 0 Å². The molecule has 3 fully saturated rings. The molecule has 3 heterocycles. The number of fused-ring (bicyclic) bond motifs is 1. The third kappa shape index (κ3) is 3.26. The van der Waals surface area contributed by atoms with Crippen LogP contribution < -0.4 is 4.90 Å². The van der Waals surface area contributed by atoms with E-state index in [0.29, 0.717) is 30.0 Å². The molecule has 4 rings (SSSR count). The van der Waals surface area contributed by atoms with E-state index in [0.717, 1.165) is 0 Å². The first-order valence-corrected chi connectivity index (χ1v) is 12.1. The Morgan fingerprint density at radius 2 is 2.16 bits per heavy atom. The van der Waals surface area contributed by atoms with E-state index in [1.807, 2.05) is 6.92 Å². The molecule has 3 saturated heterocycles. The zero-order valence-electron chi connectivity index (χ0n) is 17.8. The SMILES string of the molecule is C=CCN(C(=O)C1N([C@@H](CC)CO)C(=O)[C@@H]2[C@H](C(=O)O)[C@@H]3CCC12S3)c1ccccc1Cl. The van der Waals surface area contributed by atoms with Crippen molar-refractivity contribution in [3.05, 3.63) is 41.9 Å². The van der Waals surface area contributed by atoms with Crippen molar-refractivity contribution in [3.8, 4) is 0 Å². The number of carbonyl (C=O) groups excluding carboxylic acids is 2. The molecule has 2 amide bonds. The van der Waals surface area contributed by atoms with Gasteiger partial charge < -0.3 is 20.0 Å². The number of likely N-dealkylation sites (tertiary alicyclic amines) is 1. The molecule has 0 aromatic heterocycles. The van der Waals surface area contributed by atoms with Crippen LogP contribution in [0.2, 0.25) is 5.02 Å². The van der Waals surface area contributed by atoms with Crippen molar-refractivity contribution >= 4 is 46.8 Å². The summed E-state index contributed by atoms with van der Waals surface area (Å²) in [5, 5.41) is 20.1. The lowest BCUT2D eigenvalue weighted by Crippen LogP contribution is -2.57. The predicted molar refractivity (Wildman–Crippen MR) is 124 cm³/mol. The van der Waals surface area contributed by atoms with E-state index >= 15 is 0 Å². The van der Waals surface area contributed by atoms with Crippen molar-refractivity contribution in [2.75, 3.05) is 18.1 Å². The van der Waals surface area contributed by atoms with E-state index in [9.17, 15) is 24.6 Å². The number of halogens is 1. The minimum absolute atomic E-state index is 0.189. The van der Waals surface area contributed by atoms with Crippen LogP contribution in [0.15, 0.2) is 36.9 Å². The van der Waals surface area contributed by atoms with Gasteiger partial charge in [-0.3, -0.25) is 14.4 Å². The number of hydrogen-bond acceptors (Lipinski definition) is 5. The van der Waals surface area contributed by atoms with Crippen LogP contribution >= 0.6 is 23.4 Å². The summed E-state index contributed by atoms with van der Waals surface area (Å²) in [6.07, 6.45) is 3.28. The minimum atomic E-state index is -0.999. The maximum atomic E-state index is 14.2. The van der Waals surface area contributed by atoms with E-state index in [1.54, 1.807) is 30.3 Å². The number of thioether (sulfide) groups is 1. The molecule has 2 bridgehead atoms. The number of hydrogen-bond donors (Lipinski definition) is 2. The number of carbonyl (C=O) groups is 3. The smallest absolute Gasteiger partial charge is 0.308 e. The highest BCUT2D eigenvalue weighted by atomic mass is 35.5. The van der Waals surface area contributed by atoms with Gasteiger partial charge in [-0.2, -0.15) is 0 Å². The molecular weight excluding hydrogens is 452 g/mol. The Morgan fingerprint density at radius 1 is 1.44 bits per heavy atom. The predicted octanol–water partition coefficient (Wildman–Crippen LogP) is 2.81. The molecule has 3 aliphatic rings. The largest absolute Gasteiger partial charge is 0.481 e. The van der Waals surface area contributed by atoms with Crippen molar-refractivity contribution < 1.29 is 24.6 Å². The number of anilines is 1. The summed E-state index contributed by atoms with van der Waals surface area (Å²) >= 11 is 7.88. The Bertz CT molecular complexity index is 954. The van der Waals surface area contributed by atoms with Crippen molar-refractivity contribution in [1.29, 1.82) is 0 Å². The average molecular weight is 479 g/mol. The van der Waals surface area contributed by atoms with Gasteiger partial charge in [-0.15, -0.1) is 18.3 Å². The molecular formula is C23H27ClN2O5S. The van der Waals surface area contributed by atoms with Gasteiger partial charge in [0.15, 0.2) is 0 Å². The van der Waals surface area contributed by atoms with E-state index in [1.165, 1.54) is 21.6 Å². The number of aliphatic hydroxyl groups is 1. The first kappa shape index (κ1) is 23.1. The summed E-state index contributed by atoms with van der Waals surface area (Å²) in [6.45, 7) is 5.51. The van der Waals surface area contributed by atoms with Crippen LogP contribution in [0.4, 0.5) is 5.69 Å². The molecule has 0 aliphatic carbocycles. The van der Waals surface area contributed by atoms with Crippen LogP contribution in [0.3, 0.4) is 0 Å². The Kier molecular flexibility index (Phi) is 6.31. The number of aliphatic carboxylic acids is 1. The number of nitrogens with zero attached hydrogens (tertiary/aromatic N) is 2. The van der Waals surface area contributed by atoms with E-state index in [2.05, 4.69) is 6.58 Å². The Balaban J connectivity index is 1.84. The standard InChI is InChI=1S/C23H27ClN2O5S/c1-3-11-25(15-8-6-5-7-14(15)24)21(29)19-23-10-9-16(32-23)17(22(30)31)18(23)20(28)26(19)13(4-2)12-27/h3,5-8,13,16-19,27H,1,4,9-12H2,2H3,(H,30,31)/t13-,16-,17+,18-,19?,23?/m0/s1. The lowest BCUT2D eigenvalue weighted by Gasteiger charge is -2.39. The summed E-state index contributed by atoms with van der Waals surface area (Å²) in [5.74, 6) is -3.27. The number of carboxylic acids is 1. The van der Waals surface area contributed by atoms with Gasteiger partial charge in [0.05, 0.1) is 39.9 Å². The van der Waals surface area contributed by atoms with Crippen LogP contribution in [0.25, 0.3) is 0 Å². The number of para-hydroxylation sites is 1.